The van der Waals surface area contributed by atoms with E-state index in [9.17, 15) is 14.4 Å². The topological polar surface area (TPSA) is 91.7 Å². The van der Waals surface area contributed by atoms with Crippen LogP contribution >= 0.6 is 0 Å². The molecule has 0 aliphatic carbocycles. The SMILES string of the molecule is CC(C)C(=O)NCCNC(=O)C1CC(=O)N(Cc2ccco2)C1. The first kappa shape index (κ1) is 17.1. The normalized spacial score (nSPS) is 17.6. The third-order valence-corrected chi connectivity index (χ3v) is 3.76. The molecular weight excluding hydrogens is 298 g/mol. The fourth-order valence-electron chi connectivity index (χ4n) is 2.41. The Balaban J connectivity index is 1.71. The first-order valence-corrected chi connectivity index (χ1v) is 7.83. The Morgan fingerprint density at radius 1 is 1.35 bits per heavy atom. The summed E-state index contributed by atoms with van der Waals surface area (Å²) in [5.41, 5.74) is 0. The van der Waals surface area contributed by atoms with Crippen molar-refractivity contribution in [2.75, 3.05) is 19.6 Å². The quantitative estimate of drug-likeness (QED) is 0.716. The van der Waals surface area contributed by atoms with Gasteiger partial charge in [0.1, 0.15) is 5.76 Å². The van der Waals surface area contributed by atoms with Gasteiger partial charge >= 0.3 is 0 Å². The molecule has 3 amide bonds. The monoisotopic (exact) mass is 321 g/mol. The van der Waals surface area contributed by atoms with E-state index < -0.39 is 0 Å². The molecule has 126 valence electrons. The van der Waals surface area contributed by atoms with Crippen molar-refractivity contribution in [3.63, 3.8) is 0 Å². The lowest BCUT2D eigenvalue weighted by Gasteiger charge is -2.15. The number of hydrogen-bond acceptors (Lipinski definition) is 4. The van der Waals surface area contributed by atoms with Crippen LogP contribution in [0.3, 0.4) is 0 Å². The van der Waals surface area contributed by atoms with Crippen molar-refractivity contribution in [1.29, 1.82) is 0 Å². The average Bonchev–Trinajstić information content (AvgIpc) is 3.14. The number of rotatable bonds is 7. The van der Waals surface area contributed by atoms with Crippen LogP contribution in [0.15, 0.2) is 22.8 Å². The third kappa shape index (κ3) is 4.84. The number of carbonyl (C=O) groups is 3. The second-order valence-electron chi connectivity index (χ2n) is 5.99. The molecule has 7 nitrogen and oxygen atoms in total. The van der Waals surface area contributed by atoms with Gasteiger partial charge in [-0.05, 0) is 12.1 Å². The molecule has 1 aromatic rings. The largest absolute Gasteiger partial charge is 0.467 e. The Morgan fingerprint density at radius 2 is 2.09 bits per heavy atom. The van der Waals surface area contributed by atoms with Gasteiger partial charge in [-0.15, -0.1) is 0 Å². The van der Waals surface area contributed by atoms with Gasteiger partial charge in [0.05, 0.1) is 18.7 Å². The number of amides is 3. The third-order valence-electron chi connectivity index (χ3n) is 3.76. The number of nitrogens with one attached hydrogen (secondary N) is 2. The summed E-state index contributed by atoms with van der Waals surface area (Å²) in [7, 11) is 0. The predicted octanol–water partition coefficient (Wildman–Crippen LogP) is 0.517. The zero-order chi connectivity index (χ0) is 16.8. The van der Waals surface area contributed by atoms with E-state index in [1.165, 1.54) is 0 Å². The van der Waals surface area contributed by atoms with E-state index in [0.717, 1.165) is 0 Å². The summed E-state index contributed by atoms with van der Waals surface area (Å²) in [6.45, 7) is 5.15. The number of hydrogen-bond donors (Lipinski definition) is 2. The highest BCUT2D eigenvalue weighted by atomic mass is 16.3. The van der Waals surface area contributed by atoms with Crippen molar-refractivity contribution in [2.45, 2.75) is 26.8 Å². The molecular formula is C16H23N3O4. The molecule has 0 aromatic carbocycles. The molecule has 1 atom stereocenters. The van der Waals surface area contributed by atoms with Gasteiger partial charge in [0.2, 0.25) is 17.7 Å². The minimum Gasteiger partial charge on any atom is -0.467 e. The van der Waals surface area contributed by atoms with E-state index in [2.05, 4.69) is 10.6 Å². The summed E-state index contributed by atoms with van der Waals surface area (Å²) in [5, 5.41) is 5.49. The van der Waals surface area contributed by atoms with E-state index >= 15 is 0 Å². The molecule has 1 saturated heterocycles. The summed E-state index contributed by atoms with van der Waals surface area (Å²) < 4.78 is 5.23. The van der Waals surface area contributed by atoms with Gasteiger partial charge in [-0.25, -0.2) is 0 Å². The van der Waals surface area contributed by atoms with Crippen LogP contribution in [0.4, 0.5) is 0 Å². The summed E-state index contributed by atoms with van der Waals surface area (Å²) in [4.78, 5) is 37.1. The van der Waals surface area contributed by atoms with E-state index in [0.29, 0.717) is 31.9 Å². The molecule has 23 heavy (non-hydrogen) atoms. The maximum Gasteiger partial charge on any atom is 0.225 e. The maximum atomic E-state index is 12.1. The first-order valence-electron chi connectivity index (χ1n) is 7.83. The molecule has 0 bridgehead atoms. The highest BCUT2D eigenvalue weighted by molar-refractivity contribution is 5.89. The molecule has 0 saturated carbocycles. The Morgan fingerprint density at radius 3 is 2.74 bits per heavy atom. The summed E-state index contributed by atoms with van der Waals surface area (Å²) >= 11 is 0. The van der Waals surface area contributed by atoms with Crippen LogP contribution < -0.4 is 10.6 Å². The van der Waals surface area contributed by atoms with Crippen LogP contribution in [0.2, 0.25) is 0 Å². The van der Waals surface area contributed by atoms with Crippen molar-refractivity contribution >= 4 is 17.7 Å². The highest BCUT2D eigenvalue weighted by Crippen LogP contribution is 2.20. The molecule has 1 aromatic heterocycles. The molecule has 2 N–H and O–H groups in total. The Labute approximate surface area is 135 Å². The standard InChI is InChI=1S/C16H23N3O4/c1-11(2)15(21)17-5-6-18-16(22)12-8-14(20)19(9-12)10-13-4-3-7-23-13/h3-4,7,11-12H,5-6,8-10H2,1-2H3,(H,17,21)(H,18,22). The lowest BCUT2D eigenvalue weighted by atomic mass is 10.1. The lowest BCUT2D eigenvalue weighted by molar-refractivity contribution is -0.129. The van der Waals surface area contributed by atoms with E-state index in [4.69, 9.17) is 4.42 Å². The molecule has 2 heterocycles. The van der Waals surface area contributed by atoms with Gasteiger partial charge in [-0.2, -0.15) is 0 Å². The molecule has 1 unspecified atom stereocenters. The Hall–Kier alpha value is -2.31. The number of furan rings is 1. The molecule has 1 aliphatic rings. The maximum absolute atomic E-state index is 12.1. The zero-order valence-corrected chi connectivity index (χ0v) is 13.5. The van der Waals surface area contributed by atoms with Crippen LogP contribution in [0.5, 0.6) is 0 Å². The minimum atomic E-state index is -0.349. The zero-order valence-electron chi connectivity index (χ0n) is 13.5. The Kier molecular flexibility index (Phi) is 5.78. The summed E-state index contributed by atoms with van der Waals surface area (Å²) in [6.07, 6.45) is 1.77. The van der Waals surface area contributed by atoms with E-state index in [1.807, 2.05) is 13.8 Å². The Bertz CT molecular complexity index is 554. The van der Waals surface area contributed by atoms with Crippen LogP contribution in [-0.4, -0.2) is 42.3 Å². The lowest BCUT2D eigenvalue weighted by Crippen LogP contribution is -2.39. The second-order valence-corrected chi connectivity index (χ2v) is 5.99. The summed E-state index contributed by atoms with van der Waals surface area (Å²) in [5.74, 6) is 0.0380. The van der Waals surface area contributed by atoms with Crippen LogP contribution in [-0.2, 0) is 20.9 Å². The first-order chi connectivity index (χ1) is 11.0. The number of nitrogens with zero attached hydrogens (tertiary/aromatic N) is 1. The second kappa shape index (κ2) is 7.80. The number of likely N-dealkylation sites (tertiary alicyclic amines) is 1. The van der Waals surface area contributed by atoms with Gasteiger partial charge in [-0.3, -0.25) is 14.4 Å². The molecule has 0 radical (unpaired) electrons. The van der Waals surface area contributed by atoms with Gasteiger partial charge in [0.15, 0.2) is 0 Å². The van der Waals surface area contributed by atoms with Gasteiger partial charge in [0.25, 0.3) is 0 Å². The molecule has 0 spiro atoms. The number of carbonyl (C=O) groups excluding carboxylic acids is 3. The van der Waals surface area contributed by atoms with Crippen molar-refractivity contribution in [1.82, 2.24) is 15.5 Å². The highest BCUT2D eigenvalue weighted by Gasteiger charge is 2.34. The van der Waals surface area contributed by atoms with Crippen molar-refractivity contribution in [2.24, 2.45) is 11.8 Å². The van der Waals surface area contributed by atoms with Gasteiger partial charge in [-0.1, -0.05) is 13.8 Å². The van der Waals surface area contributed by atoms with Crippen molar-refractivity contribution < 1.29 is 18.8 Å². The van der Waals surface area contributed by atoms with Crippen LogP contribution in [0.25, 0.3) is 0 Å². The van der Waals surface area contributed by atoms with Gasteiger partial charge in [0, 0.05) is 32.0 Å². The molecule has 1 aliphatic heterocycles. The molecule has 7 heteroatoms. The molecule has 2 rings (SSSR count). The van der Waals surface area contributed by atoms with Crippen molar-refractivity contribution in [3.05, 3.63) is 24.2 Å². The van der Waals surface area contributed by atoms with Gasteiger partial charge < -0.3 is 20.0 Å². The minimum absolute atomic E-state index is 0.0417. The average molecular weight is 321 g/mol. The molecule has 1 fully saturated rings. The van der Waals surface area contributed by atoms with Crippen LogP contribution in [0, 0.1) is 11.8 Å². The fraction of sp³-hybridized carbons (Fsp3) is 0.562. The van der Waals surface area contributed by atoms with E-state index in [1.54, 1.807) is 23.3 Å². The fourth-order valence-corrected chi connectivity index (χ4v) is 2.41. The van der Waals surface area contributed by atoms with Crippen LogP contribution in [0.1, 0.15) is 26.0 Å². The van der Waals surface area contributed by atoms with E-state index in [-0.39, 0.29) is 36.0 Å². The smallest absolute Gasteiger partial charge is 0.225 e. The van der Waals surface area contributed by atoms with Crippen molar-refractivity contribution in [3.8, 4) is 0 Å². The summed E-state index contributed by atoms with van der Waals surface area (Å²) in [6, 6.07) is 3.57. The predicted molar refractivity (Wildman–Crippen MR) is 83.1 cm³/mol.